The SMILES string of the molecule is O=C1CC(c2nc(-c3ccco3)nn2-c2ccc3c(c2)OCO3)CN1. The second kappa shape index (κ2) is 5.37. The van der Waals surface area contributed by atoms with Gasteiger partial charge in [-0.2, -0.15) is 0 Å². The van der Waals surface area contributed by atoms with Crippen LogP contribution in [0.25, 0.3) is 17.3 Å². The van der Waals surface area contributed by atoms with Crippen LogP contribution in [0.3, 0.4) is 0 Å². The van der Waals surface area contributed by atoms with E-state index in [1.807, 2.05) is 18.2 Å². The molecule has 0 aliphatic carbocycles. The largest absolute Gasteiger partial charge is 0.461 e. The van der Waals surface area contributed by atoms with E-state index in [1.54, 1.807) is 23.1 Å². The quantitative estimate of drug-likeness (QED) is 0.784. The molecule has 0 saturated carbocycles. The number of carbonyl (C=O) groups excluding carboxylic acids is 1. The van der Waals surface area contributed by atoms with Gasteiger partial charge in [0.2, 0.25) is 18.5 Å². The fourth-order valence-electron chi connectivity index (χ4n) is 3.09. The number of nitrogens with one attached hydrogen (secondary N) is 1. The predicted molar refractivity (Wildman–Crippen MR) is 85.6 cm³/mol. The molecule has 1 N–H and O–H groups in total. The summed E-state index contributed by atoms with van der Waals surface area (Å²) in [6.45, 7) is 0.751. The second-order valence-electron chi connectivity index (χ2n) is 5.93. The summed E-state index contributed by atoms with van der Waals surface area (Å²) in [4.78, 5) is 16.3. The van der Waals surface area contributed by atoms with Gasteiger partial charge in [-0.05, 0) is 24.3 Å². The summed E-state index contributed by atoms with van der Waals surface area (Å²) in [7, 11) is 0. The zero-order valence-corrected chi connectivity index (χ0v) is 13.1. The van der Waals surface area contributed by atoms with Crippen molar-refractivity contribution in [2.75, 3.05) is 13.3 Å². The Kier molecular flexibility index (Phi) is 3.03. The number of hydrogen-bond donors (Lipinski definition) is 1. The van der Waals surface area contributed by atoms with E-state index in [0.717, 1.165) is 5.69 Å². The summed E-state index contributed by atoms with van der Waals surface area (Å²) in [5.41, 5.74) is 0.795. The van der Waals surface area contributed by atoms with Crippen molar-refractivity contribution in [1.82, 2.24) is 20.1 Å². The monoisotopic (exact) mass is 338 g/mol. The van der Waals surface area contributed by atoms with Crippen molar-refractivity contribution in [2.24, 2.45) is 0 Å². The molecule has 1 saturated heterocycles. The van der Waals surface area contributed by atoms with Crippen molar-refractivity contribution < 1.29 is 18.7 Å². The van der Waals surface area contributed by atoms with Crippen molar-refractivity contribution in [3.63, 3.8) is 0 Å². The summed E-state index contributed by atoms with van der Waals surface area (Å²) in [5, 5.41) is 7.44. The maximum Gasteiger partial charge on any atom is 0.231 e. The Bertz CT molecular complexity index is 948. The minimum atomic E-state index is -0.0471. The van der Waals surface area contributed by atoms with E-state index < -0.39 is 0 Å². The Hall–Kier alpha value is -3.29. The van der Waals surface area contributed by atoms with E-state index in [2.05, 4.69) is 15.4 Å². The van der Waals surface area contributed by atoms with Gasteiger partial charge in [0.25, 0.3) is 0 Å². The van der Waals surface area contributed by atoms with E-state index in [1.165, 1.54) is 0 Å². The third-order valence-corrected chi connectivity index (χ3v) is 4.32. The van der Waals surface area contributed by atoms with Crippen LogP contribution in [-0.4, -0.2) is 34.0 Å². The first-order chi connectivity index (χ1) is 12.3. The number of aromatic nitrogens is 3. The summed E-state index contributed by atoms with van der Waals surface area (Å²) in [6.07, 6.45) is 1.97. The molecule has 3 aromatic rings. The molecule has 25 heavy (non-hydrogen) atoms. The predicted octanol–water partition coefficient (Wildman–Crippen LogP) is 1.86. The van der Waals surface area contributed by atoms with Crippen molar-refractivity contribution >= 4 is 5.91 Å². The molecule has 1 atom stereocenters. The number of nitrogens with zero attached hydrogens (tertiary/aromatic N) is 3. The molecule has 8 nitrogen and oxygen atoms in total. The highest BCUT2D eigenvalue weighted by atomic mass is 16.7. The number of amides is 1. The zero-order valence-electron chi connectivity index (χ0n) is 13.1. The van der Waals surface area contributed by atoms with Crippen LogP contribution in [0.2, 0.25) is 0 Å². The molecule has 5 rings (SSSR count). The lowest BCUT2D eigenvalue weighted by molar-refractivity contribution is -0.119. The molecule has 0 bridgehead atoms. The molecule has 1 amide bonds. The summed E-state index contributed by atoms with van der Waals surface area (Å²) < 4.78 is 18.0. The highest BCUT2D eigenvalue weighted by Crippen LogP contribution is 2.35. The average molecular weight is 338 g/mol. The van der Waals surface area contributed by atoms with Gasteiger partial charge in [-0.1, -0.05) is 0 Å². The lowest BCUT2D eigenvalue weighted by Crippen LogP contribution is -2.15. The molecule has 2 aliphatic rings. The lowest BCUT2D eigenvalue weighted by atomic mass is 10.1. The van der Waals surface area contributed by atoms with Crippen molar-refractivity contribution in [3.8, 4) is 28.8 Å². The zero-order chi connectivity index (χ0) is 16.8. The lowest BCUT2D eigenvalue weighted by Gasteiger charge is -2.10. The van der Waals surface area contributed by atoms with Gasteiger partial charge in [0.05, 0.1) is 12.0 Å². The molecule has 1 unspecified atom stereocenters. The van der Waals surface area contributed by atoms with E-state index in [4.69, 9.17) is 13.9 Å². The molecular weight excluding hydrogens is 324 g/mol. The molecular formula is C17H14N4O4. The Labute approximate surface area is 142 Å². The minimum absolute atomic E-state index is 0.0183. The van der Waals surface area contributed by atoms with Crippen LogP contribution in [0, 0.1) is 0 Å². The van der Waals surface area contributed by atoms with Crippen LogP contribution in [0.15, 0.2) is 41.0 Å². The second-order valence-corrected chi connectivity index (χ2v) is 5.93. The van der Waals surface area contributed by atoms with Gasteiger partial charge in [-0.15, -0.1) is 5.10 Å². The van der Waals surface area contributed by atoms with Crippen LogP contribution in [0.5, 0.6) is 11.5 Å². The Morgan fingerprint density at radius 2 is 2.12 bits per heavy atom. The van der Waals surface area contributed by atoms with Crippen molar-refractivity contribution in [2.45, 2.75) is 12.3 Å². The highest BCUT2D eigenvalue weighted by Gasteiger charge is 2.30. The molecule has 8 heteroatoms. The van der Waals surface area contributed by atoms with Gasteiger partial charge >= 0.3 is 0 Å². The van der Waals surface area contributed by atoms with E-state index >= 15 is 0 Å². The van der Waals surface area contributed by atoms with Crippen molar-refractivity contribution in [1.29, 1.82) is 0 Å². The third kappa shape index (κ3) is 2.34. The fraction of sp³-hybridized carbons (Fsp3) is 0.235. The number of fused-ring (bicyclic) bond motifs is 1. The molecule has 2 aromatic heterocycles. The van der Waals surface area contributed by atoms with E-state index in [0.29, 0.717) is 41.9 Å². The first-order valence-electron chi connectivity index (χ1n) is 7.95. The van der Waals surface area contributed by atoms with E-state index in [9.17, 15) is 4.79 Å². The maximum absolute atomic E-state index is 11.6. The number of ether oxygens (including phenoxy) is 2. The van der Waals surface area contributed by atoms with Crippen LogP contribution >= 0.6 is 0 Å². The fourth-order valence-corrected chi connectivity index (χ4v) is 3.09. The molecule has 0 radical (unpaired) electrons. The van der Waals surface area contributed by atoms with Crippen LogP contribution in [0.4, 0.5) is 0 Å². The number of rotatable bonds is 3. The number of furan rings is 1. The van der Waals surface area contributed by atoms with Gasteiger partial charge < -0.3 is 19.2 Å². The topological polar surface area (TPSA) is 91.4 Å². The summed E-state index contributed by atoms with van der Waals surface area (Å²) >= 11 is 0. The Morgan fingerprint density at radius 1 is 1.20 bits per heavy atom. The summed E-state index contributed by atoms with van der Waals surface area (Å²) in [5.74, 6) is 3.12. The number of carbonyl (C=O) groups is 1. The Morgan fingerprint density at radius 3 is 2.92 bits per heavy atom. The minimum Gasteiger partial charge on any atom is -0.461 e. The van der Waals surface area contributed by atoms with Gasteiger partial charge in [-0.25, -0.2) is 9.67 Å². The molecule has 1 aromatic carbocycles. The average Bonchev–Trinajstić information content (AvgIpc) is 3.39. The van der Waals surface area contributed by atoms with Gasteiger partial charge in [0.15, 0.2) is 17.3 Å². The highest BCUT2D eigenvalue weighted by molar-refractivity contribution is 5.79. The maximum atomic E-state index is 11.6. The standard InChI is InChI=1S/C17H14N4O4/c22-15-6-10(8-18-15)17-19-16(13-2-1-5-23-13)20-21(17)11-3-4-12-14(7-11)25-9-24-12/h1-5,7,10H,6,8-9H2,(H,18,22). The van der Waals surface area contributed by atoms with Crippen molar-refractivity contribution in [3.05, 3.63) is 42.4 Å². The molecule has 0 spiro atoms. The smallest absolute Gasteiger partial charge is 0.231 e. The molecule has 4 heterocycles. The first kappa shape index (κ1) is 14.1. The number of hydrogen-bond acceptors (Lipinski definition) is 6. The van der Waals surface area contributed by atoms with E-state index in [-0.39, 0.29) is 18.6 Å². The third-order valence-electron chi connectivity index (χ3n) is 4.32. The van der Waals surface area contributed by atoms with Gasteiger partial charge in [0.1, 0.15) is 5.82 Å². The van der Waals surface area contributed by atoms with Crippen LogP contribution in [-0.2, 0) is 4.79 Å². The first-order valence-corrected chi connectivity index (χ1v) is 7.95. The van der Waals surface area contributed by atoms with Crippen LogP contribution < -0.4 is 14.8 Å². The normalized spacial score (nSPS) is 18.6. The van der Waals surface area contributed by atoms with Crippen LogP contribution in [0.1, 0.15) is 18.2 Å². The molecule has 126 valence electrons. The van der Waals surface area contributed by atoms with Gasteiger partial charge in [0, 0.05) is 24.9 Å². The summed E-state index contributed by atoms with van der Waals surface area (Å²) in [6, 6.07) is 9.18. The number of benzene rings is 1. The molecule has 1 fully saturated rings. The van der Waals surface area contributed by atoms with Gasteiger partial charge in [-0.3, -0.25) is 4.79 Å². The molecule has 2 aliphatic heterocycles. The Balaban J connectivity index is 1.62.